The van der Waals surface area contributed by atoms with Crippen molar-refractivity contribution in [2.45, 2.75) is 12.8 Å². The summed E-state index contributed by atoms with van der Waals surface area (Å²) in [5.74, 6) is 6.00. The lowest BCUT2D eigenvalue weighted by Crippen LogP contribution is -1.92. The third-order valence-electron chi connectivity index (χ3n) is 2.37. The second-order valence-corrected chi connectivity index (χ2v) is 4.22. The number of unbranched alkanes of at least 4 members (excludes halogenated alkanes) is 1. The summed E-state index contributed by atoms with van der Waals surface area (Å²) in [4.78, 5) is 0. The molecule has 2 aromatic rings. The maximum absolute atomic E-state index is 8.64. The van der Waals surface area contributed by atoms with E-state index in [1.807, 2.05) is 30.5 Å². The van der Waals surface area contributed by atoms with E-state index < -0.39 is 0 Å². The second-order valence-electron chi connectivity index (χ2n) is 3.78. The topological polar surface area (TPSA) is 38.1 Å². The predicted octanol–water partition coefficient (Wildman–Crippen LogP) is 2.65. The Morgan fingerprint density at radius 2 is 2.06 bits per heavy atom. The molecule has 4 heteroatoms. The first-order chi connectivity index (χ1) is 8.79. The Hall–Kier alpha value is -1.76. The van der Waals surface area contributed by atoms with E-state index in [0.29, 0.717) is 17.9 Å². The lowest BCUT2D eigenvalue weighted by atomic mass is 10.3. The second kappa shape index (κ2) is 6.25. The summed E-state index contributed by atoms with van der Waals surface area (Å²) < 4.78 is 1.76. The van der Waals surface area contributed by atoms with Gasteiger partial charge >= 0.3 is 0 Å². The van der Waals surface area contributed by atoms with Crippen molar-refractivity contribution in [1.82, 2.24) is 9.78 Å². The molecule has 1 heterocycles. The molecule has 2 rings (SSSR count). The van der Waals surface area contributed by atoms with Crippen LogP contribution in [0.15, 0.2) is 36.7 Å². The van der Waals surface area contributed by atoms with Gasteiger partial charge in [-0.25, -0.2) is 4.68 Å². The van der Waals surface area contributed by atoms with E-state index >= 15 is 0 Å². The number of hydrogen-bond acceptors (Lipinski definition) is 2. The number of hydrogen-bond donors (Lipinski definition) is 1. The molecule has 0 radical (unpaired) electrons. The maximum Gasteiger partial charge on any atom is 0.0651 e. The SMILES string of the molecule is OCCCC#Cc1cnn(-c2ccc(Cl)cc2)c1. The van der Waals surface area contributed by atoms with Crippen molar-refractivity contribution in [2.75, 3.05) is 6.61 Å². The smallest absolute Gasteiger partial charge is 0.0651 e. The molecule has 0 saturated heterocycles. The molecule has 0 atom stereocenters. The summed E-state index contributed by atoms with van der Waals surface area (Å²) >= 11 is 5.83. The van der Waals surface area contributed by atoms with Crippen molar-refractivity contribution in [2.24, 2.45) is 0 Å². The zero-order chi connectivity index (χ0) is 12.8. The zero-order valence-corrected chi connectivity index (χ0v) is 10.6. The van der Waals surface area contributed by atoms with Gasteiger partial charge in [-0.2, -0.15) is 5.10 Å². The lowest BCUT2D eigenvalue weighted by Gasteiger charge is -1.99. The fourth-order valence-corrected chi connectivity index (χ4v) is 1.58. The standard InChI is InChI=1S/C14H13ClN2O/c15-13-5-7-14(8-6-13)17-11-12(10-16-17)4-2-1-3-9-18/h5-8,10-11,18H,1,3,9H2. The van der Waals surface area contributed by atoms with Crippen LogP contribution in [0.25, 0.3) is 5.69 Å². The number of aromatic nitrogens is 2. The molecule has 0 bridgehead atoms. The molecule has 0 aliphatic heterocycles. The van der Waals surface area contributed by atoms with Crippen LogP contribution in [-0.2, 0) is 0 Å². The van der Waals surface area contributed by atoms with Crippen molar-refractivity contribution >= 4 is 11.6 Å². The Morgan fingerprint density at radius 3 is 2.78 bits per heavy atom. The molecule has 1 N–H and O–H groups in total. The minimum atomic E-state index is 0.179. The van der Waals surface area contributed by atoms with Gasteiger partial charge in [0.15, 0.2) is 0 Å². The van der Waals surface area contributed by atoms with Crippen molar-refractivity contribution in [3.8, 4) is 17.5 Å². The van der Waals surface area contributed by atoms with Crippen molar-refractivity contribution < 1.29 is 5.11 Å². The van der Waals surface area contributed by atoms with Crippen LogP contribution >= 0.6 is 11.6 Å². The van der Waals surface area contributed by atoms with Crippen LogP contribution in [0.2, 0.25) is 5.02 Å². The molecular formula is C14H13ClN2O. The average Bonchev–Trinajstić information content (AvgIpc) is 2.84. The van der Waals surface area contributed by atoms with Gasteiger partial charge in [0.1, 0.15) is 0 Å². The van der Waals surface area contributed by atoms with Crippen LogP contribution in [0.5, 0.6) is 0 Å². The molecule has 0 amide bonds. The van der Waals surface area contributed by atoms with Crippen molar-refractivity contribution in [3.05, 3.63) is 47.2 Å². The van der Waals surface area contributed by atoms with Gasteiger partial charge in [0.05, 0.1) is 17.4 Å². The molecule has 0 aliphatic carbocycles. The highest BCUT2D eigenvalue weighted by Gasteiger charge is 1.98. The molecule has 0 saturated carbocycles. The van der Waals surface area contributed by atoms with Crippen molar-refractivity contribution in [1.29, 1.82) is 0 Å². The van der Waals surface area contributed by atoms with Gasteiger partial charge in [-0.3, -0.25) is 0 Å². The number of benzene rings is 1. The summed E-state index contributed by atoms with van der Waals surface area (Å²) in [6, 6.07) is 7.45. The number of nitrogens with zero attached hydrogens (tertiary/aromatic N) is 2. The number of aliphatic hydroxyl groups excluding tert-OH is 1. The number of rotatable bonds is 3. The third kappa shape index (κ3) is 3.36. The molecule has 0 fully saturated rings. The minimum absolute atomic E-state index is 0.179. The van der Waals surface area contributed by atoms with Gasteiger partial charge in [0, 0.05) is 24.2 Å². The minimum Gasteiger partial charge on any atom is -0.396 e. The molecule has 0 spiro atoms. The maximum atomic E-state index is 8.64. The van der Waals surface area contributed by atoms with Crippen LogP contribution < -0.4 is 0 Å². The first-order valence-corrected chi connectivity index (χ1v) is 6.08. The van der Waals surface area contributed by atoms with E-state index in [0.717, 1.165) is 11.3 Å². The quantitative estimate of drug-likeness (QED) is 0.681. The Balaban J connectivity index is 2.09. The summed E-state index contributed by atoms with van der Waals surface area (Å²) in [5, 5.41) is 13.6. The zero-order valence-electron chi connectivity index (χ0n) is 9.81. The van der Waals surface area contributed by atoms with E-state index in [9.17, 15) is 0 Å². The van der Waals surface area contributed by atoms with Gasteiger partial charge in [-0.1, -0.05) is 23.4 Å². The van der Waals surface area contributed by atoms with E-state index in [4.69, 9.17) is 16.7 Å². The van der Waals surface area contributed by atoms with Gasteiger partial charge in [0.25, 0.3) is 0 Å². The molecule has 0 unspecified atom stereocenters. The highest BCUT2D eigenvalue weighted by atomic mass is 35.5. The predicted molar refractivity (Wildman–Crippen MR) is 71.8 cm³/mol. The Labute approximate surface area is 111 Å². The summed E-state index contributed by atoms with van der Waals surface area (Å²) in [6.45, 7) is 0.179. The first-order valence-electron chi connectivity index (χ1n) is 5.70. The molecule has 1 aromatic heterocycles. The van der Waals surface area contributed by atoms with Crippen LogP contribution in [0.4, 0.5) is 0 Å². The average molecular weight is 261 g/mol. The van der Waals surface area contributed by atoms with Gasteiger partial charge in [-0.15, -0.1) is 0 Å². The molecule has 92 valence electrons. The third-order valence-corrected chi connectivity index (χ3v) is 2.62. The molecular weight excluding hydrogens is 248 g/mol. The van der Waals surface area contributed by atoms with Gasteiger partial charge in [-0.05, 0) is 30.7 Å². The van der Waals surface area contributed by atoms with Crippen LogP contribution in [0, 0.1) is 11.8 Å². The molecule has 3 nitrogen and oxygen atoms in total. The Kier molecular flexibility index (Phi) is 4.40. The molecule has 18 heavy (non-hydrogen) atoms. The van der Waals surface area contributed by atoms with Crippen LogP contribution in [-0.4, -0.2) is 21.5 Å². The van der Waals surface area contributed by atoms with Gasteiger partial charge < -0.3 is 5.11 Å². The molecule has 0 aliphatic rings. The summed E-state index contributed by atoms with van der Waals surface area (Å²) in [5.41, 5.74) is 1.81. The summed E-state index contributed by atoms with van der Waals surface area (Å²) in [7, 11) is 0. The van der Waals surface area contributed by atoms with E-state index in [2.05, 4.69) is 16.9 Å². The number of aliphatic hydroxyl groups is 1. The van der Waals surface area contributed by atoms with E-state index in [1.54, 1.807) is 10.9 Å². The summed E-state index contributed by atoms with van der Waals surface area (Å²) in [6.07, 6.45) is 5.00. The highest BCUT2D eigenvalue weighted by molar-refractivity contribution is 6.30. The van der Waals surface area contributed by atoms with Gasteiger partial charge in [0.2, 0.25) is 0 Å². The number of halogens is 1. The van der Waals surface area contributed by atoms with E-state index in [1.165, 1.54) is 0 Å². The lowest BCUT2D eigenvalue weighted by molar-refractivity contribution is 0.290. The Bertz CT molecular complexity index is 563. The van der Waals surface area contributed by atoms with Crippen LogP contribution in [0.1, 0.15) is 18.4 Å². The normalized spacial score (nSPS) is 9.89. The fourth-order valence-electron chi connectivity index (χ4n) is 1.45. The van der Waals surface area contributed by atoms with Crippen molar-refractivity contribution in [3.63, 3.8) is 0 Å². The fraction of sp³-hybridized carbons (Fsp3) is 0.214. The monoisotopic (exact) mass is 260 g/mol. The molecule has 1 aromatic carbocycles. The Morgan fingerprint density at radius 1 is 1.28 bits per heavy atom. The van der Waals surface area contributed by atoms with E-state index in [-0.39, 0.29) is 6.61 Å². The van der Waals surface area contributed by atoms with Crippen LogP contribution in [0.3, 0.4) is 0 Å². The largest absolute Gasteiger partial charge is 0.396 e. The first kappa shape index (κ1) is 12.7. The highest BCUT2D eigenvalue weighted by Crippen LogP contribution is 2.13.